The van der Waals surface area contributed by atoms with Gasteiger partial charge < -0.3 is 19.7 Å². The van der Waals surface area contributed by atoms with Gasteiger partial charge in [-0.1, -0.05) is 31.4 Å². The van der Waals surface area contributed by atoms with Gasteiger partial charge in [0.1, 0.15) is 0 Å². The van der Waals surface area contributed by atoms with Crippen molar-refractivity contribution in [1.29, 1.82) is 0 Å². The predicted octanol–water partition coefficient (Wildman–Crippen LogP) is 3.18. The maximum atomic E-state index is 12.3. The van der Waals surface area contributed by atoms with E-state index in [1.165, 1.54) is 19.3 Å². The number of carbonyl (C=O) groups is 1. The number of urea groups is 1. The van der Waals surface area contributed by atoms with Crippen molar-refractivity contribution in [2.24, 2.45) is 0 Å². The molecule has 0 aromatic heterocycles. The van der Waals surface area contributed by atoms with Crippen molar-refractivity contribution in [2.75, 3.05) is 21.3 Å². The summed E-state index contributed by atoms with van der Waals surface area (Å²) in [4.78, 5) is 14.2. The average Bonchev–Trinajstić information content (AvgIpc) is 2.59. The van der Waals surface area contributed by atoms with Crippen molar-refractivity contribution in [3.63, 3.8) is 0 Å². The number of benzene rings is 1. The number of carbonyl (C=O) groups excluding carboxylic acids is 1. The zero-order valence-corrected chi connectivity index (χ0v) is 13.7. The molecule has 0 radical (unpaired) electrons. The van der Waals surface area contributed by atoms with Crippen molar-refractivity contribution >= 4 is 6.03 Å². The molecule has 0 spiro atoms. The van der Waals surface area contributed by atoms with Gasteiger partial charge in [0, 0.05) is 25.2 Å². The lowest BCUT2D eigenvalue weighted by Gasteiger charge is -2.31. The molecule has 5 nitrogen and oxygen atoms in total. The van der Waals surface area contributed by atoms with Crippen LogP contribution in [0.2, 0.25) is 0 Å². The quantitative estimate of drug-likeness (QED) is 0.909. The summed E-state index contributed by atoms with van der Waals surface area (Å²) in [6, 6.07) is 6.01. The van der Waals surface area contributed by atoms with Crippen LogP contribution in [0.4, 0.5) is 4.79 Å². The fraction of sp³-hybridized carbons (Fsp3) is 0.588. The minimum Gasteiger partial charge on any atom is -0.493 e. The molecule has 5 heteroatoms. The summed E-state index contributed by atoms with van der Waals surface area (Å²) in [6.45, 7) is 0.427. The Kier molecular flexibility index (Phi) is 5.92. The van der Waals surface area contributed by atoms with Gasteiger partial charge in [-0.15, -0.1) is 0 Å². The molecule has 1 N–H and O–H groups in total. The molecule has 1 fully saturated rings. The maximum Gasteiger partial charge on any atom is 0.317 e. The van der Waals surface area contributed by atoms with E-state index < -0.39 is 0 Å². The molecule has 2 rings (SSSR count). The van der Waals surface area contributed by atoms with Gasteiger partial charge in [-0.25, -0.2) is 4.79 Å². The Morgan fingerprint density at radius 1 is 1.23 bits per heavy atom. The van der Waals surface area contributed by atoms with Crippen LogP contribution in [0, 0.1) is 0 Å². The Balaban J connectivity index is 1.96. The molecule has 0 aliphatic heterocycles. The Morgan fingerprint density at radius 2 is 1.95 bits per heavy atom. The van der Waals surface area contributed by atoms with E-state index in [2.05, 4.69) is 5.32 Å². The van der Waals surface area contributed by atoms with Crippen LogP contribution >= 0.6 is 0 Å². The van der Waals surface area contributed by atoms with E-state index in [0.717, 1.165) is 18.4 Å². The highest BCUT2D eigenvalue weighted by molar-refractivity contribution is 5.74. The Morgan fingerprint density at radius 3 is 2.59 bits per heavy atom. The molecule has 122 valence electrons. The first-order chi connectivity index (χ1) is 10.7. The van der Waals surface area contributed by atoms with E-state index in [9.17, 15) is 4.79 Å². The number of hydrogen-bond donors (Lipinski definition) is 1. The summed E-state index contributed by atoms with van der Waals surface area (Å²) in [5.74, 6) is 1.35. The molecule has 0 heterocycles. The number of ether oxygens (including phenoxy) is 2. The molecule has 0 saturated heterocycles. The monoisotopic (exact) mass is 306 g/mol. The van der Waals surface area contributed by atoms with Crippen molar-refractivity contribution in [1.82, 2.24) is 10.2 Å². The normalized spacial score (nSPS) is 15.2. The number of nitrogens with zero attached hydrogens (tertiary/aromatic N) is 1. The van der Waals surface area contributed by atoms with Crippen LogP contribution in [0.3, 0.4) is 0 Å². The van der Waals surface area contributed by atoms with Gasteiger partial charge in [0.2, 0.25) is 0 Å². The topological polar surface area (TPSA) is 50.8 Å². The molecule has 2 amide bonds. The minimum atomic E-state index is -0.0308. The van der Waals surface area contributed by atoms with Gasteiger partial charge in [0.05, 0.1) is 14.2 Å². The number of rotatable bonds is 5. The second kappa shape index (κ2) is 7.92. The van der Waals surface area contributed by atoms with Crippen LogP contribution in [0.25, 0.3) is 0 Å². The molecule has 1 aliphatic carbocycles. The van der Waals surface area contributed by atoms with Gasteiger partial charge in [-0.05, 0) is 18.9 Å². The Hall–Kier alpha value is -1.91. The van der Waals surface area contributed by atoms with Crippen LogP contribution < -0.4 is 14.8 Å². The SMILES string of the molecule is COc1cccc(CNC(=O)N(C)C2CCCCC2)c1OC. The molecule has 0 bridgehead atoms. The lowest BCUT2D eigenvalue weighted by molar-refractivity contribution is 0.173. The molecule has 1 aromatic carbocycles. The van der Waals surface area contributed by atoms with Crippen molar-refractivity contribution < 1.29 is 14.3 Å². The number of methoxy groups -OCH3 is 2. The van der Waals surface area contributed by atoms with Gasteiger partial charge >= 0.3 is 6.03 Å². The summed E-state index contributed by atoms with van der Waals surface area (Å²) in [5.41, 5.74) is 0.909. The van der Waals surface area contributed by atoms with Crippen LogP contribution in [-0.2, 0) is 6.54 Å². The van der Waals surface area contributed by atoms with Crippen molar-refractivity contribution in [3.8, 4) is 11.5 Å². The number of para-hydroxylation sites is 1. The lowest BCUT2D eigenvalue weighted by Crippen LogP contribution is -2.44. The highest BCUT2D eigenvalue weighted by Gasteiger charge is 2.22. The first kappa shape index (κ1) is 16.5. The summed E-state index contributed by atoms with van der Waals surface area (Å²) in [7, 11) is 5.10. The second-order valence-corrected chi connectivity index (χ2v) is 5.71. The predicted molar refractivity (Wildman–Crippen MR) is 86.4 cm³/mol. The van der Waals surface area contributed by atoms with Crippen LogP contribution in [0.15, 0.2) is 18.2 Å². The Labute approximate surface area is 132 Å². The summed E-state index contributed by atoms with van der Waals surface area (Å²) in [6.07, 6.45) is 5.92. The molecule has 1 aromatic rings. The average molecular weight is 306 g/mol. The van der Waals surface area contributed by atoms with E-state index in [-0.39, 0.29) is 6.03 Å². The highest BCUT2D eigenvalue weighted by Crippen LogP contribution is 2.30. The molecule has 1 saturated carbocycles. The number of amides is 2. The van der Waals surface area contributed by atoms with Gasteiger partial charge in [0.25, 0.3) is 0 Å². The highest BCUT2D eigenvalue weighted by atomic mass is 16.5. The first-order valence-corrected chi connectivity index (χ1v) is 7.88. The van der Waals surface area contributed by atoms with Crippen LogP contribution in [0.5, 0.6) is 11.5 Å². The zero-order valence-electron chi connectivity index (χ0n) is 13.7. The molecular formula is C17H26N2O3. The molecular weight excluding hydrogens is 280 g/mol. The first-order valence-electron chi connectivity index (χ1n) is 7.88. The second-order valence-electron chi connectivity index (χ2n) is 5.71. The van der Waals surface area contributed by atoms with E-state index >= 15 is 0 Å². The van der Waals surface area contributed by atoms with E-state index in [1.807, 2.05) is 30.1 Å². The smallest absolute Gasteiger partial charge is 0.317 e. The third-order valence-electron chi connectivity index (χ3n) is 4.36. The summed E-state index contributed by atoms with van der Waals surface area (Å²) < 4.78 is 10.7. The number of nitrogens with one attached hydrogen (secondary N) is 1. The van der Waals surface area contributed by atoms with Gasteiger partial charge in [0.15, 0.2) is 11.5 Å². The molecule has 0 unspecified atom stereocenters. The molecule has 22 heavy (non-hydrogen) atoms. The molecule has 0 atom stereocenters. The van der Waals surface area contributed by atoms with Crippen LogP contribution in [0.1, 0.15) is 37.7 Å². The van der Waals surface area contributed by atoms with E-state index in [4.69, 9.17) is 9.47 Å². The minimum absolute atomic E-state index is 0.0308. The number of hydrogen-bond acceptors (Lipinski definition) is 3. The Bertz CT molecular complexity index is 499. The third-order valence-corrected chi connectivity index (χ3v) is 4.36. The fourth-order valence-corrected chi connectivity index (χ4v) is 3.02. The largest absolute Gasteiger partial charge is 0.493 e. The summed E-state index contributed by atoms with van der Waals surface area (Å²) in [5, 5.41) is 2.97. The van der Waals surface area contributed by atoms with Crippen molar-refractivity contribution in [2.45, 2.75) is 44.7 Å². The summed E-state index contributed by atoms with van der Waals surface area (Å²) >= 11 is 0. The zero-order chi connectivity index (χ0) is 15.9. The van der Waals surface area contributed by atoms with E-state index in [1.54, 1.807) is 14.2 Å². The maximum absolute atomic E-state index is 12.3. The van der Waals surface area contributed by atoms with Crippen LogP contribution in [-0.4, -0.2) is 38.2 Å². The third kappa shape index (κ3) is 3.84. The van der Waals surface area contributed by atoms with Gasteiger partial charge in [-0.2, -0.15) is 0 Å². The van der Waals surface area contributed by atoms with Gasteiger partial charge in [-0.3, -0.25) is 0 Å². The standard InChI is InChI=1S/C17H26N2O3/c1-19(14-9-5-4-6-10-14)17(20)18-12-13-8-7-11-15(21-2)16(13)22-3/h7-8,11,14H,4-6,9-10,12H2,1-3H3,(H,18,20). The molecule has 1 aliphatic rings. The van der Waals surface area contributed by atoms with E-state index in [0.29, 0.717) is 24.1 Å². The lowest BCUT2D eigenvalue weighted by atomic mass is 9.95. The fourth-order valence-electron chi connectivity index (χ4n) is 3.02. The van der Waals surface area contributed by atoms with Crippen molar-refractivity contribution in [3.05, 3.63) is 23.8 Å².